The van der Waals surface area contributed by atoms with Gasteiger partial charge in [0.2, 0.25) is 11.7 Å². The minimum Gasteiger partial charge on any atom is -0.469 e. The monoisotopic (exact) mass is 163 g/mol. The van der Waals surface area contributed by atoms with Gasteiger partial charge in [-0.05, 0) is 25.5 Å². The van der Waals surface area contributed by atoms with E-state index < -0.39 is 0 Å². The fourth-order valence-corrected chi connectivity index (χ4v) is 1.45. The number of rotatable bonds is 0. The molecule has 0 aliphatic carbocycles. The van der Waals surface area contributed by atoms with Gasteiger partial charge in [-0.3, -0.25) is 4.79 Å². The maximum absolute atomic E-state index is 11.2. The van der Waals surface area contributed by atoms with Gasteiger partial charge < -0.3 is 4.74 Å². The van der Waals surface area contributed by atoms with Crippen molar-refractivity contribution in [3.63, 3.8) is 0 Å². The normalized spacial score (nSPS) is 14.3. The average Bonchev–Trinajstić information content (AvgIpc) is 2.31. The highest BCUT2D eigenvalue weighted by atomic mass is 16.5. The van der Waals surface area contributed by atoms with Crippen molar-refractivity contribution in [3.8, 4) is 5.88 Å². The number of fused-ring (bicyclic) bond motifs is 1. The van der Waals surface area contributed by atoms with Gasteiger partial charge in [0.1, 0.15) is 0 Å². The van der Waals surface area contributed by atoms with E-state index >= 15 is 0 Å². The van der Waals surface area contributed by atoms with Gasteiger partial charge in [0, 0.05) is 5.69 Å². The van der Waals surface area contributed by atoms with Crippen LogP contribution in [0.25, 0.3) is 0 Å². The van der Waals surface area contributed by atoms with Gasteiger partial charge in [-0.25, -0.2) is 4.98 Å². The first-order valence-electron chi connectivity index (χ1n) is 3.83. The zero-order chi connectivity index (χ0) is 8.72. The van der Waals surface area contributed by atoms with E-state index in [0.29, 0.717) is 11.4 Å². The lowest BCUT2D eigenvalue weighted by atomic mass is 10.1. The summed E-state index contributed by atoms with van der Waals surface area (Å²) in [5, 5.41) is 0. The van der Waals surface area contributed by atoms with Crippen LogP contribution in [0.4, 0.5) is 0 Å². The number of carbonyl (C=O) groups excluding carboxylic acids is 1. The molecule has 2 heterocycles. The first kappa shape index (κ1) is 7.28. The number of nitrogens with zero attached hydrogens (tertiary/aromatic N) is 1. The van der Waals surface area contributed by atoms with Crippen LogP contribution in [0.1, 0.15) is 21.6 Å². The number of carbonyl (C=O) groups is 1. The molecule has 0 N–H and O–H groups in total. The van der Waals surface area contributed by atoms with E-state index in [0.717, 1.165) is 11.3 Å². The highest BCUT2D eigenvalue weighted by molar-refractivity contribution is 6.02. The number of Topliss-reactive ketones (excluding diaryl/α,β-unsaturated/α-hetero) is 1. The fourth-order valence-electron chi connectivity index (χ4n) is 1.45. The number of ether oxygens (including phenoxy) is 1. The molecule has 1 aliphatic rings. The molecule has 12 heavy (non-hydrogen) atoms. The maximum atomic E-state index is 11.2. The summed E-state index contributed by atoms with van der Waals surface area (Å²) in [6, 6.07) is 1.89. The third-order valence-corrected chi connectivity index (χ3v) is 1.93. The molecule has 0 bridgehead atoms. The fraction of sp³-hybridized carbons (Fsp3) is 0.333. The molecule has 0 saturated heterocycles. The predicted molar refractivity (Wildman–Crippen MR) is 43.5 cm³/mol. The van der Waals surface area contributed by atoms with Crippen molar-refractivity contribution in [2.24, 2.45) is 0 Å². The first-order chi connectivity index (χ1) is 5.68. The smallest absolute Gasteiger partial charge is 0.225 e. The van der Waals surface area contributed by atoms with E-state index in [-0.39, 0.29) is 12.4 Å². The molecule has 0 unspecified atom stereocenters. The van der Waals surface area contributed by atoms with Crippen molar-refractivity contribution in [2.75, 3.05) is 6.61 Å². The molecule has 1 aromatic heterocycles. The first-order valence-corrected chi connectivity index (χ1v) is 3.83. The topological polar surface area (TPSA) is 39.2 Å². The average molecular weight is 163 g/mol. The van der Waals surface area contributed by atoms with Crippen LogP contribution < -0.4 is 4.74 Å². The Kier molecular flexibility index (Phi) is 1.40. The third-order valence-electron chi connectivity index (χ3n) is 1.93. The molecular formula is C9H9NO2. The Labute approximate surface area is 70.4 Å². The van der Waals surface area contributed by atoms with Gasteiger partial charge in [0.05, 0.1) is 5.56 Å². The predicted octanol–water partition coefficient (Wildman–Crippen LogP) is 1.27. The Balaban J connectivity index is 2.68. The Morgan fingerprint density at radius 3 is 3.00 bits per heavy atom. The Morgan fingerprint density at radius 1 is 1.50 bits per heavy atom. The summed E-state index contributed by atoms with van der Waals surface area (Å²) in [4.78, 5) is 15.4. The Hall–Kier alpha value is -1.38. The lowest BCUT2D eigenvalue weighted by molar-refractivity contribution is 0.0960. The van der Waals surface area contributed by atoms with E-state index in [4.69, 9.17) is 4.74 Å². The lowest BCUT2D eigenvalue weighted by Gasteiger charge is -2.00. The summed E-state index contributed by atoms with van der Waals surface area (Å²) in [5.41, 5.74) is 2.50. The van der Waals surface area contributed by atoms with Crippen LogP contribution in [0.2, 0.25) is 0 Å². The summed E-state index contributed by atoms with van der Waals surface area (Å²) < 4.78 is 5.11. The second-order valence-electron chi connectivity index (χ2n) is 2.97. The summed E-state index contributed by atoms with van der Waals surface area (Å²) in [6.07, 6.45) is 0. The van der Waals surface area contributed by atoms with Crippen LogP contribution in [0.3, 0.4) is 0 Å². The van der Waals surface area contributed by atoms with Crippen molar-refractivity contribution in [1.82, 2.24) is 4.98 Å². The molecule has 1 aromatic rings. The summed E-state index contributed by atoms with van der Waals surface area (Å²) >= 11 is 0. The lowest BCUT2D eigenvalue weighted by Crippen LogP contribution is -2.00. The van der Waals surface area contributed by atoms with Crippen LogP contribution in [0.15, 0.2) is 6.07 Å². The van der Waals surface area contributed by atoms with Crippen molar-refractivity contribution < 1.29 is 9.53 Å². The third kappa shape index (κ3) is 0.897. The van der Waals surface area contributed by atoms with Gasteiger partial charge in [-0.1, -0.05) is 0 Å². The van der Waals surface area contributed by atoms with Crippen LogP contribution in [-0.4, -0.2) is 17.4 Å². The van der Waals surface area contributed by atoms with Crippen molar-refractivity contribution in [1.29, 1.82) is 0 Å². The highest BCUT2D eigenvalue weighted by Crippen LogP contribution is 2.25. The summed E-state index contributed by atoms with van der Waals surface area (Å²) in [7, 11) is 0. The molecular weight excluding hydrogens is 154 g/mol. The molecule has 0 atom stereocenters. The van der Waals surface area contributed by atoms with Gasteiger partial charge in [-0.2, -0.15) is 0 Å². The molecule has 0 fully saturated rings. The SMILES string of the molecule is Cc1cc(C)c2c(n1)OCC2=O. The van der Waals surface area contributed by atoms with Crippen LogP contribution in [0, 0.1) is 13.8 Å². The van der Waals surface area contributed by atoms with Gasteiger partial charge in [-0.15, -0.1) is 0 Å². The van der Waals surface area contributed by atoms with E-state index in [1.165, 1.54) is 0 Å². The summed E-state index contributed by atoms with van der Waals surface area (Å²) in [5.74, 6) is 0.535. The highest BCUT2D eigenvalue weighted by Gasteiger charge is 2.24. The Morgan fingerprint density at radius 2 is 2.25 bits per heavy atom. The quantitative estimate of drug-likeness (QED) is 0.578. The number of pyridine rings is 1. The van der Waals surface area contributed by atoms with E-state index in [1.54, 1.807) is 0 Å². The van der Waals surface area contributed by atoms with E-state index in [9.17, 15) is 4.79 Å². The molecule has 3 nitrogen and oxygen atoms in total. The molecule has 0 radical (unpaired) electrons. The van der Waals surface area contributed by atoms with Crippen LogP contribution >= 0.6 is 0 Å². The maximum Gasteiger partial charge on any atom is 0.225 e. The molecule has 3 heteroatoms. The number of hydrogen-bond donors (Lipinski definition) is 0. The molecule has 0 amide bonds. The second-order valence-corrected chi connectivity index (χ2v) is 2.97. The minimum atomic E-state index is 0.0370. The number of ketones is 1. The van der Waals surface area contributed by atoms with Gasteiger partial charge in [0.25, 0.3) is 0 Å². The second kappa shape index (κ2) is 2.30. The molecule has 2 rings (SSSR count). The molecule has 0 spiro atoms. The zero-order valence-electron chi connectivity index (χ0n) is 7.05. The van der Waals surface area contributed by atoms with E-state index in [1.807, 2.05) is 19.9 Å². The van der Waals surface area contributed by atoms with Crippen LogP contribution in [0.5, 0.6) is 5.88 Å². The molecule has 62 valence electrons. The number of aryl methyl sites for hydroxylation is 2. The standard InChI is InChI=1S/C9H9NO2/c1-5-3-6(2)10-9-8(5)7(11)4-12-9/h3H,4H2,1-2H3. The Bertz CT molecular complexity index is 358. The molecule has 1 aliphatic heterocycles. The summed E-state index contributed by atoms with van der Waals surface area (Å²) in [6.45, 7) is 3.94. The molecule has 0 saturated carbocycles. The number of hydrogen-bond acceptors (Lipinski definition) is 3. The molecule has 0 aromatic carbocycles. The van der Waals surface area contributed by atoms with Crippen molar-refractivity contribution in [2.45, 2.75) is 13.8 Å². The zero-order valence-corrected chi connectivity index (χ0v) is 7.05. The van der Waals surface area contributed by atoms with Crippen LogP contribution in [-0.2, 0) is 0 Å². The van der Waals surface area contributed by atoms with Crippen molar-refractivity contribution in [3.05, 3.63) is 22.9 Å². The largest absolute Gasteiger partial charge is 0.469 e. The minimum absolute atomic E-state index is 0.0370. The van der Waals surface area contributed by atoms with Crippen molar-refractivity contribution >= 4 is 5.78 Å². The van der Waals surface area contributed by atoms with Gasteiger partial charge in [0.15, 0.2) is 6.61 Å². The van der Waals surface area contributed by atoms with Gasteiger partial charge >= 0.3 is 0 Å². The number of aromatic nitrogens is 1. The van der Waals surface area contributed by atoms with E-state index in [2.05, 4.69) is 4.98 Å².